The van der Waals surface area contributed by atoms with E-state index in [1.165, 1.54) is 0 Å². The highest BCUT2D eigenvalue weighted by atomic mass is 16.1. The van der Waals surface area contributed by atoms with Crippen LogP contribution in [0.1, 0.15) is 36.8 Å². The summed E-state index contributed by atoms with van der Waals surface area (Å²) in [6.07, 6.45) is 1.01. The third-order valence-corrected chi connectivity index (χ3v) is 2.98. The highest BCUT2D eigenvalue weighted by Gasteiger charge is 2.26. The molecule has 1 aromatic heterocycles. The standard InChI is InChI=1S/C10H16N4O/c1-3-8-6(2)5-12-9-4-7(10(11)15)13-14(8)9/h4,6,8,12H,3,5H2,1-2H3,(H2,11,15). The van der Waals surface area contributed by atoms with Gasteiger partial charge in [-0.05, 0) is 12.3 Å². The summed E-state index contributed by atoms with van der Waals surface area (Å²) < 4.78 is 1.88. The average Bonchev–Trinajstić information content (AvgIpc) is 2.61. The van der Waals surface area contributed by atoms with Crippen LogP contribution in [0.2, 0.25) is 0 Å². The zero-order valence-electron chi connectivity index (χ0n) is 9.03. The lowest BCUT2D eigenvalue weighted by Gasteiger charge is -2.30. The number of hydrogen-bond acceptors (Lipinski definition) is 3. The van der Waals surface area contributed by atoms with Crippen LogP contribution >= 0.6 is 0 Å². The Morgan fingerprint density at radius 2 is 2.53 bits per heavy atom. The Morgan fingerprint density at radius 3 is 3.13 bits per heavy atom. The van der Waals surface area contributed by atoms with Crippen molar-refractivity contribution in [2.24, 2.45) is 11.7 Å². The smallest absolute Gasteiger partial charge is 0.269 e. The van der Waals surface area contributed by atoms with Crippen molar-refractivity contribution in [3.05, 3.63) is 11.8 Å². The van der Waals surface area contributed by atoms with Crippen molar-refractivity contribution in [1.29, 1.82) is 0 Å². The van der Waals surface area contributed by atoms with Gasteiger partial charge in [-0.2, -0.15) is 5.10 Å². The molecule has 2 atom stereocenters. The molecule has 5 nitrogen and oxygen atoms in total. The van der Waals surface area contributed by atoms with Crippen molar-refractivity contribution < 1.29 is 4.79 Å². The Balaban J connectivity index is 2.40. The van der Waals surface area contributed by atoms with Crippen LogP contribution in [0, 0.1) is 5.92 Å². The molecule has 5 heteroatoms. The first-order valence-electron chi connectivity index (χ1n) is 5.26. The van der Waals surface area contributed by atoms with Gasteiger partial charge in [0.1, 0.15) is 5.82 Å². The van der Waals surface area contributed by atoms with Crippen molar-refractivity contribution in [2.75, 3.05) is 11.9 Å². The van der Waals surface area contributed by atoms with Gasteiger partial charge < -0.3 is 11.1 Å². The quantitative estimate of drug-likeness (QED) is 0.761. The van der Waals surface area contributed by atoms with Crippen molar-refractivity contribution in [3.63, 3.8) is 0 Å². The maximum absolute atomic E-state index is 11.0. The van der Waals surface area contributed by atoms with Crippen LogP contribution in [0.15, 0.2) is 6.07 Å². The van der Waals surface area contributed by atoms with Crippen LogP contribution < -0.4 is 11.1 Å². The zero-order chi connectivity index (χ0) is 11.0. The van der Waals surface area contributed by atoms with Gasteiger partial charge in [-0.25, -0.2) is 4.68 Å². The van der Waals surface area contributed by atoms with E-state index in [1.807, 2.05) is 4.68 Å². The van der Waals surface area contributed by atoms with Gasteiger partial charge in [0, 0.05) is 12.6 Å². The van der Waals surface area contributed by atoms with Gasteiger partial charge in [0.05, 0.1) is 6.04 Å². The molecule has 0 saturated heterocycles. The van der Waals surface area contributed by atoms with Crippen LogP contribution in [-0.4, -0.2) is 22.2 Å². The molecule has 0 aliphatic carbocycles. The molecule has 0 aromatic carbocycles. The fourth-order valence-electron chi connectivity index (χ4n) is 2.12. The lowest BCUT2D eigenvalue weighted by atomic mass is 9.98. The van der Waals surface area contributed by atoms with E-state index in [1.54, 1.807) is 6.07 Å². The van der Waals surface area contributed by atoms with Crippen LogP contribution in [0.5, 0.6) is 0 Å². The number of hydrogen-bond donors (Lipinski definition) is 2. The van der Waals surface area contributed by atoms with Gasteiger partial charge in [-0.1, -0.05) is 13.8 Å². The van der Waals surface area contributed by atoms with E-state index in [2.05, 4.69) is 24.3 Å². The van der Waals surface area contributed by atoms with Crippen LogP contribution in [0.25, 0.3) is 0 Å². The minimum Gasteiger partial charge on any atom is -0.370 e. The SMILES string of the molecule is CCC1C(C)CNc2cc(C(N)=O)nn21. The van der Waals surface area contributed by atoms with Crippen molar-refractivity contribution in [1.82, 2.24) is 9.78 Å². The number of fused-ring (bicyclic) bond motifs is 1. The highest BCUT2D eigenvalue weighted by molar-refractivity contribution is 5.91. The summed E-state index contributed by atoms with van der Waals surface area (Å²) in [5.74, 6) is 0.943. The molecule has 0 bridgehead atoms. The Morgan fingerprint density at radius 1 is 1.80 bits per heavy atom. The third kappa shape index (κ3) is 1.58. The van der Waals surface area contributed by atoms with E-state index >= 15 is 0 Å². The monoisotopic (exact) mass is 208 g/mol. The van der Waals surface area contributed by atoms with Gasteiger partial charge in [0.25, 0.3) is 5.91 Å². The normalized spacial score (nSPS) is 24.4. The maximum atomic E-state index is 11.0. The Bertz CT molecular complexity index is 385. The molecule has 1 aliphatic rings. The van der Waals surface area contributed by atoms with E-state index in [-0.39, 0.29) is 0 Å². The number of nitrogens with zero attached hydrogens (tertiary/aromatic N) is 2. The molecule has 2 heterocycles. The van der Waals surface area contributed by atoms with Crippen LogP contribution in [0.3, 0.4) is 0 Å². The first-order valence-corrected chi connectivity index (χ1v) is 5.26. The number of carbonyl (C=O) groups is 1. The predicted octanol–water partition coefficient (Wildman–Crippen LogP) is 0.995. The molecular formula is C10H16N4O. The Labute approximate surface area is 88.6 Å². The second-order valence-corrected chi connectivity index (χ2v) is 4.06. The molecule has 0 fully saturated rings. The number of anilines is 1. The van der Waals surface area contributed by atoms with E-state index in [0.717, 1.165) is 18.8 Å². The van der Waals surface area contributed by atoms with Gasteiger partial charge in [0.15, 0.2) is 5.69 Å². The predicted molar refractivity (Wildman–Crippen MR) is 57.7 cm³/mol. The second-order valence-electron chi connectivity index (χ2n) is 4.06. The van der Waals surface area contributed by atoms with Gasteiger partial charge in [0.2, 0.25) is 0 Å². The van der Waals surface area contributed by atoms with E-state index in [4.69, 9.17) is 5.73 Å². The lowest BCUT2D eigenvalue weighted by molar-refractivity contribution is 0.0994. The molecule has 15 heavy (non-hydrogen) atoms. The number of nitrogens with one attached hydrogen (secondary N) is 1. The molecule has 0 spiro atoms. The lowest BCUT2D eigenvalue weighted by Crippen LogP contribution is -2.30. The number of rotatable bonds is 2. The van der Waals surface area contributed by atoms with E-state index in [9.17, 15) is 4.79 Å². The van der Waals surface area contributed by atoms with Crippen molar-refractivity contribution >= 4 is 11.7 Å². The number of carbonyl (C=O) groups excluding carboxylic acids is 1. The molecule has 1 amide bonds. The van der Waals surface area contributed by atoms with Gasteiger partial charge >= 0.3 is 0 Å². The van der Waals surface area contributed by atoms with E-state index in [0.29, 0.717) is 17.7 Å². The molecule has 82 valence electrons. The van der Waals surface area contributed by atoms with Crippen LogP contribution in [0.4, 0.5) is 5.82 Å². The van der Waals surface area contributed by atoms with Crippen LogP contribution in [-0.2, 0) is 0 Å². The summed E-state index contributed by atoms with van der Waals surface area (Å²) in [6, 6.07) is 2.07. The first-order chi connectivity index (χ1) is 7.13. The largest absolute Gasteiger partial charge is 0.370 e. The summed E-state index contributed by atoms with van der Waals surface area (Å²) in [5.41, 5.74) is 5.54. The number of amides is 1. The molecule has 1 aliphatic heterocycles. The highest BCUT2D eigenvalue weighted by Crippen LogP contribution is 2.30. The summed E-state index contributed by atoms with van der Waals surface area (Å²) in [6.45, 7) is 5.22. The molecule has 2 rings (SSSR count). The fraction of sp³-hybridized carbons (Fsp3) is 0.600. The van der Waals surface area contributed by atoms with E-state index < -0.39 is 5.91 Å². The Hall–Kier alpha value is -1.52. The molecule has 3 N–H and O–H groups in total. The average molecular weight is 208 g/mol. The molecule has 0 radical (unpaired) electrons. The maximum Gasteiger partial charge on any atom is 0.269 e. The number of nitrogens with two attached hydrogens (primary N) is 1. The summed E-state index contributed by atoms with van der Waals surface area (Å²) >= 11 is 0. The molecular weight excluding hydrogens is 192 g/mol. The molecule has 2 unspecified atom stereocenters. The van der Waals surface area contributed by atoms with Gasteiger partial charge in [-0.15, -0.1) is 0 Å². The topological polar surface area (TPSA) is 72.9 Å². The fourth-order valence-corrected chi connectivity index (χ4v) is 2.12. The minimum atomic E-state index is -0.471. The van der Waals surface area contributed by atoms with Gasteiger partial charge in [-0.3, -0.25) is 4.79 Å². The zero-order valence-corrected chi connectivity index (χ0v) is 9.03. The third-order valence-electron chi connectivity index (χ3n) is 2.98. The summed E-state index contributed by atoms with van der Waals surface area (Å²) in [4.78, 5) is 11.0. The number of aromatic nitrogens is 2. The summed E-state index contributed by atoms with van der Waals surface area (Å²) in [5, 5.41) is 7.48. The Kier molecular flexibility index (Phi) is 2.38. The second kappa shape index (κ2) is 3.56. The molecule has 0 saturated carbocycles. The van der Waals surface area contributed by atoms with Crippen molar-refractivity contribution in [3.8, 4) is 0 Å². The summed E-state index contributed by atoms with van der Waals surface area (Å²) in [7, 11) is 0. The first kappa shape index (κ1) is 10.0. The minimum absolute atomic E-state index is 0.338. The van der Waals surface area contributed by atoms with Crippen molar-refractivity contribution in [2.45, 2.75) is 26.3 Å². The number of primary amides is 1. The molecule has 1 aromatic rings.